The van der Waals surface area contributed by atoms with Gasteiger partial charge in [0.05, 0.1) is 11.8 Å². The van der Waals surface area contributed by atoms with Crippen LogP contribution in [0.1, 0.15) is 32.8 Å². The Morgan fingerprint density at radius 3 is 2.68 bits per heavy atom. The van der Waals surface area contributed by atoms with Crippen LogP contribution in [0.3, 0.4) is 0 Å². The van der Waals surface area contributed by atoms with Gasteiger partial charge >= 0.3 is 0 Å². The number of likely N-dealkylation sites (tertiary alicyclic amines) is 1. The smallest absolute Gasteiger partial charge is 0.250 e. The van der Waals surface area contributed by atoms with E-state index in [1.807, 2.05) is 20.8 Å². The van der Waals surface area contributed by atoms with E-state index in [1.165, 1.54) is 4.90 Å². The lowest BCUT2D eigenvalue weighted by molar-refractivity contribution is -0.145. The van der Waals surface area contributed by atoms with Crippen molar-refractivity contribution in [3.63, 3.8) is 0 Å². The molecule has 6 nitrogen and oxygen atoms in total. The third-order valence-corrected chi connectivity index (χ3v) is 6.13. The summed E-state index contributed by atoms with van der Waals surface area (Å²) >= 11 is 6.15. The highest BCUT2D eigenvalue weighted by Gasteiger charge is 2.69. The van der Waals surface area contributed by atoms with Gasteiger partial charge in [0.15, 0.2) is 0 Å². The van der Waals surface area contributed by atoms with Crippen molar-refractivity contribution in [3.05, 3.63) is 28.8 Å². The van der Waals surface area contributed by atoms with E-state index in [1.54, 1.807) is 18.2 Å². The van der Waals surface area contributed by atoms with Crippen molar-refractivity contribution in [3.8, 4) is 0 Å². The Labute approximate surface area is 150 Å². The topological polar surface area (TPSA) is 78.5 Å². The van der Waals surface area contributed by atoms with E-state index in [9.17, 15) is 14.4 Å². The molecule has 5 atom stereocenters. The van der Waals surface area contributed by atoms with Gasteiger partial charge in [-0.2, -0.15) is 0 Å². The van der Waals surface area contributed by atoms with Gasteiger partial charge in [0.25, 0.3) is 0 Å². The van der Waals surface area contributed by atoms with E-state index in [2.05, 4.69) is 10.6 Å². The number of carbonyl (C=O) groups is 3. The number of hydrogen-bond donors (Lipinski definition) is 2. The van der Waals surface area contributed by atoms with Gasteiger partial charge < -0.3 is 5.32 Å². The van der Waals surface area contributed by atoms with Crippen molar-refractivity contribution in [1.29, 1.82) is 0 Å². The van der Waals surface area contributed by atoms with Crippen molar-refractivity contribution >= 4 is 35.0 Å². The molecule has 4 rings (SSSR count). The first-order valence-corrected chi connectivity index (χ1v) is 8.96. The van der Waals surface area contributed by atoms with Gasteiger partial charge in [-0.1, -0.05) is 18.5 Å². The number of hydrogen-bond acceptors (Lipinski definition) is 4. The Morgan fingerprint density at radius 1 is 1.28 bits per heavy atom. The molecule has 3 heterocycles. The van der Waals surface area contributed by atoms with Gasteiger partial charge in [-0.05, 0) is 38.5 Å². The highest BCUT2D eigenvalue weighted by Crippen LogP contribution is 2.53. The Hall–Kier alpha value is -1.92. The van der Waals surface area contributed by atoms with E-state index >= 15 is 0 Å². The summed E-state index contributed by atoms with van der Waals surface area (Å²) in [6, 6.07) is 4.67. The van der Waals surface area contributed by atoms with Crippen LogP contribution in [-0.4, -0.2) is 34.7 Å². The molecule has 0 aromatic heterocycles. The Morgan fingerprint density at radius 2 is 2.00 bits per heavy atom. The molecule has 132 valence electrons. The van der Waals surface area contributed by atoms with Crippen LogP contribution in [0.25, 0.3) is 0 Å². The normalized spacial score (nSPS) is 34.5. The van der Waals surface area contributed by atoms with Crippen LogP contribution in [-0.2, 0) is 19.9 Å². The maximum Gasteiger partial charge on any atom is 0.250 e. The maximum atomic E-state index is 13.2. The minimum atomic E-state index is -1.24. The molecule has 0 aliphatic carbocycles. The number of rotatable bonds is 2. The van der Waals surface area contributed by atoms with Crippen LogP contribution in [0.5, 0.6) is 0 Å². The molecule has 2 saturated heterocycles. The summed E-state index contributed by atoms with van der Waals surface area (Å²) in [4.78, 5) is 40.4. The third-order valence-electron chi connectivity index (χ3n) is 5.89. The number of nitrogens with one attached hydrogen (secondary N) is 2. The molecule has 0 bridgehead atoms. The fourth-order valence-electron chi connectivity index (χ4n) is 4.58. The lowest BCUT2D eigenvalue weighted by atomic mass is 9.76. The zero-order valence-corrected chi connectivity index (χ0v) is 15.1. The molecule has 3 amide bonds. The first-order valence-electron chi connectivity index (χ1n) is 8.59. The molecule has 3 aliphatic heterocycles. The average Bonchev–Trinajstić information content (AvgIpc) is 3.12. The number of halogens is 1. The molecule has 1 spiro atoms. The minimum absolute atomic E-state index is 0.182. The van der Waals surface area contributed by atoms with Crippen LogP contribution in [0.4, 0.5) is 5.69 Å². The second kappa shape index (κ2) is 5.29. The summed E-state index contributed by atoms with van der Waals surface area (Å²) in [6.45, 7) is 5.66. The quantitative estimate of drug-likeness (QED) is 0.788. The molecule has 0 radical (unpaired) electrons. The van der Waals surface area contributed by atoms with Gasteiger partial charge in [-0.15, -0.1) is 0 Å². The van der Waals surface area contributed by atoms with Crippen LogP contribution in [0.2, 0.25) is 5.02 Å². The summed E-state index contributed by atoms with van der Waals surface area (Å²) in [5.41, 5.74) is 0.0488. The van der Waals surface area contributed by atoms with E-state index in [0.29, 0.717) is 22.7 Å². The fraction of sp³-hybridized carbons (Fsp3) is 0.500. The van der Waals surface area contributed by atoms with E-state index in [4.69, 9.17) is 11.6 Å². The van der Waals surface area contributed by atoms with Crippen LogP contribution >= 0.6 is 11.6 Å². The highest BCUT2D eigenvalue weighted by molar-refractivity contribution is 6.31. The summed E-state index contributed by atoms with van der Waals surface area (Å²) in [5, 5.41) is 6.59. The molecule has 0 saturated carbocycles. The van der Waals surface area contributed by atoms with Crippen LogP contribution < -0.4 is 10.6 Å². The molecule has 7 heteroatoms. The molecular formula is C18H20ClN3O3. The SMILES string of the molecule is CC[C@H](C)N1C(=O)[C@@H]2[C@H](C)N[C@]3(C(=O)Nc4ccc(Cl)cc43)[C@@H]2C1=O. The van der Waals surface area contributed by atoms with Crippen molar-refractivity contribution in [2.45, 2.75) is 44.8 Å². The van der Waals surface area contributed by atoms with Gasteiger partial charge in [-0.3, -0.25) is 24.6 Å². The second-order valence-electron chi connectivity index (χ2n) is 7.19. The average molecular weight is 362 g/mol. The van der Waals surface area contributed by atoms with Gasteiger partial charge in [-0.25, -0.2) is 0 Å². The molecule has 0 unspecified atom stereocenters. The predicted octanol–water partition coefficient (Wildman–Crippen LogP) is 1.88. The van der Waals surface area contributed by atoms with E-state index in [0.717, 1.165) is 0 Å². The summed E-state index contributed by atoms with van der Waals surface area (Å²) in [6.07, 6.45) is 0.681. The molecular weight excluding hydrogens is 342 g/mol. The number of carbonyl (C=O) groups excluding carboxylic acids is 3. The van der Waals surface area contributed by atoms with Crippen molar-refractivity contribution < 1.29 is 14.4 Å². The summed E-state index contributed by atoms with van der Waals surface area (Å²) < 4.78 is 0. The first-order chi connectivity index (χ1) is 11.8. The van der Waals surface area contributed by atoms with E-state index < -0.39 is 17.4 Å². The fourth-order valence-corrected chi connectivity index (χ4v) is 4.75. The monoisotopic (exact) mass is 361 g/mol. The van der Waals surface area contributed by atoms with Crippen LogP contribution in [0.15, 0.2) is 18.2 Å². The van der Waals surface area contributed by atoms with Crippen molar-refractivity contribution in [2.24, 2.45) is 11.8 Å². The number of anilines is 1. The second-order valence-corrected chi connectivity index (χ2v) is 7.63. The third kappa shape index (κ3) is 1.92. The molecule has 2 N–H and O–H groups in total. The van der Waals surface area contributed by atoms with E-state index in [-0.39, 0.29) is 29.8 Å². The number of amides is 3. The summed E-state index contributed by atoms with van der Waals surface area (Å²) in [7, 11) is 0. The minimum Gasteiger partial charge on any atom is -0.324 e. The first kappa shape index (κ1) is 16.5. The zero-order valence-electron chi connectivity index (χ0n) is 14.3. The van der Waals surface area contributed by atoms with Crippen molar-refractivity contribution in [1.82, 2.24) is 10.2 Å². The van der Waals surface area contributed by atoms with Gasteiger partial charge in [0.1, 0.15) is 5.54 Å². The molecule has 3 aliphatic rings. The standard InChI is InChI=1S/C18H20ClN3O3/c1-4-8(2)22-15(23)13-9(3)21-18(14(13)16(22)24)11-7-10(19)5-6-12(11)20-17(18)25/h5-9,13-14,21H,4H2,1-3H3,(H,20,25)/t8-,9-,13+,14-,18-/m0/s1. The molecule has 1 aromatic carbocycles. The van der Waals surface area contributed by atoms with Gasteiger partial charge in [0.2, 0.25) is 17.7 Å². The predicted molar refractivity (Wildman–Crippen MR) is 92.9 cm³/mol. The molecule has 1 aromatic rings. The Kier molecular flexibility index (Phi) is 3.50. The lowest BCUT2D eigenvalue weighted by Crippen LogP contribution is -2.53. The number of nitrogens with zero attached hydrogens (tertiary/aromatic N) is 1. The maximum absolute atomic E-state index is 13.2. The highest BCUT2D eigenvalue weighted by atomic mass is 35.5. The lowest BCUT2D eigenvalue weighted by Gasteiger charge is -2.30. The van der Waals surface area contributed by atoms with Crippen LogP contribution in [0, 0.1) is 11.8 Å². The van der Waals surface area contributed by atoms with Gasteiger partial charge in [0, 0.05) is 28.4 Å². The number of imide groups is 1. The number of benzene rings is 1. The molecule has 25 heavy (non-hydrogen) atoms. The molecule has 2 fully saturated rings. The largest absolute Gasteiger partial charge is 0.324 e. The number of fused-ring (bicyclic) bond motifs is 4. The Balaban J connectivity index is 1.89. The van der Waals surface area contributed by atoms with Crippen molar-refractivity contribution in [2.75, 3.05) is 5.32 Å². The summed E-state index contributed by atoms with van der Waals surface area (Å²) in [5.74, 6) is -2.05. The zero-order chi connectivity index (χ0) is 18.1. The Bertz CT molecular complexity index is 811.